The van der Waals surface area contributed by atoms with Crippen molar-refractivity contribution in [3.63, 3.8) is 0 Å². The summed E-state index contributed by atoms with van der Waals surface area (Å²) in [4.78, 5) is 2.40. The highest BCUT2D eigenvalue weighted by atomic mass is 15.1. The van der Waals surface area contributed by atoms with E-state index in [1.54, 1.807) is 6.08 Å². The number of rotatable bonds is 6. The fourth-order valence-corrected chi connectivity index (χ4v) is 2.41. The third-order valence-corrected chi connectivity index (χ3v) is 3.88. The number of nitrogens with two attached hydrogens (primary N) is 1. The molecule has 0 radical (unpaired) electrons. The average molecular weight is 289 g/mol. The normalized spacial score (nSPS) is 18.1. The number of hydrogen-bond donors (Lipinski definition) is 1. The first-order valence-electron chi connectivity index (χ1n) is 7.83. The molecule has 3 nitrogen and oxygen atoms in total. The summed E-state index contributed by atoms with van der Waals surface area (Å²) in [5, 5.41) is 8.84. The standard InChI is InChI=1S/C16H25N3.C2H6/c1-4-15(12-18)11-14(2)13-19-9-6-16(3,5-8-17)7-10-19;1-2/h4,11H,1-2,5-7,9-10,12-13,18H2,3H3;1-2H3/b15-11+;. The summed E-state index contributed by atoms with van der Waals surface area (Å²) in [6.45, 7) is 17.5. The smallest absolute Gasteiger partial charge is 0.0627 e. The van der Waals surface area contributed by atoms with E-state index in [-0.39, 0.29) is 5.41 Å². The molecule has 2 N–H and O–H groups in total. The highest BCUT2D eigenvalue weighted by Gasteiger charge is 2.29. The van der Waals surface area contributed by atoms with E-state index in [1.807, 2.05) is 19.9 Å². The molecule has 118 valence electrons. The molecule has 1 rings (SSSR count). The Hall–Kier alpha value is -1.37. The maximum atomic E-state index is 8.84. The summed E-state index contributed by atoms with van der Waals surface area (Å²) >= 11 is 0. The Labute approximate surface area is 130 Å². The summed E-state index contributed by atoms with van der Waals surface area (Å²) in [6.07, 6.45) is 6.64. The summed E-state index contributed by atoms with van der Waals surface area (Å²) < 4.78 is 0. The highest BCUT2D eigenvalue weighted by molar-refractivity contribution is 5.29. The van der Waals surface area contributed by atoms with E-state index in [0.717, 1.165) is 43.6 Å². The van der Waals surface area contributed by atoms with Crippen LogP contribution in [0.1, 0.15) is 40.0 Å². The monoisotopic (exact) mass is 289 g/mol. The van der Waals surface area contributed by atoms with Gasteiger partial charge >= 0.3 is 0 Å². The summed E-state index contributed by atoms with van der Waals surface area (Å²) in [7, 11) is 0. The number of likely N-dealkylation sites (tertiary alicyclic amines) is 1. The molecule has 0 aromatic rings. The Morgan fingerprint density at radius 1 is 1.38 bits per heavy atom. The van der Waals surface area contributed by atoms with Crippen LogP contribution in [0.25, 0.3) is 0 Å². The van der Waals surface area contributed by atoms with Gasteiger partial charge in [0.1, 0.15) is 0 Å². The lowest BCUT2D eigenvalue weighted by atomic mass is 9.78. The van der Waals surface area contributed by atoms with E-state index in [0.29, 0.717) is 13.0 Å². The lowest BCUT2D eigenvalue weighted by Gasteiger charge is -2.38. The third kappa shape index (κ3) is 7.27. The molecule has 0 aromatic heterocycles. The minimum atomic E-state index is 0.200. The Kier molecular flexibility index (Phi) is 9.69. The first kappa shape index (κ1) is 19.6. The van der Waals surface area contributed by atoms with Crippen molar-refractivity contribution >= 4 is 0 Å². The number of hydrogen-bond acceptors (Lipinski definition) is 3. The quantitative estimate of drug-likeness (QED) is 0.759. The first-order chi connectivity index (χ1) is 10.0. The van der Waals surface area contributed by atoms with Crippen molar-refractivity contribution in [1.29, 1.82) is 5.26 Å². The van der Waals surface area contributed by atoms with Crippen molar-refractivity contribution in [2.75, 3.05) is 26.2 Å². The molecule has 1 aliphatic rings. The SMILES string of the molecule is C=C/C(=C\C(=C)CN1CCC(C)(CC#N)CC1)CN.CC. The van der Waals surface area contributed by atoms with Crippen LogP contribution < -0.4 is 5.73 Å². The second-order valence-electron chi connectivity index (χ2n) is 5.71. The van der Waals surface area contributed by atoms with Gasteiger partial charge in [-0.15, -0.1) is 0 Å². The van der Waals surface area contributed by atoms with Crippen molar-refractivity contribution in [2.45, 2.75) is 40.0 Å². The van der Waals surface area contributed by atoms with Gasteiger partial charge in [-0.05, 0) is 42.5 Å². The molecule has 0 spiro atoms. The first-order valence-corrected chi connectivity index (χ1v) is 7.83. The lowest BCUT2D eigenvalue weighted by molar-refractivity contribution is 0.130. The van der Waals surface area contributed by atoms with E-state index in [1.165, 1.54) is 0 Å². The molecular weight excluding hydrogens is 258 g/mol. The maximum Gasteiger partial charge on any atom is 0.0627 e. The van der Waals surface area contributed by atoms with Crippen LogP contribution in [0, 0.1) is 16.7 Å². The van der Waals surface area contributed by atoms with E-state index in [2.05, 4.69) is 31.1 Å². The highest BCUT2D eigenvalue weighted by Crippen LogP contribution is 2.34. The fourth-order valence-electron chi connectivity index (χ4n) is 2.41. The number of nitriles is 1. The van der Waals surface area contributed by atoms with E-state index in [9.17, 15) is 0 Å². The van der Waals surface area contributed by atoms with Crippen LogP contribution >= 0.6 is 0 Å². The predicted molar refractivity (Wildman–Crippen MR) is 91.8 cm³/mol. The predicted octanol–water partition coefficient (Wildman–Crippen LogP) is 3.66. The van der Waals surface area contributed by atoms with Crippen molar-refractivity contribution in [3.05, 3.63) is 36.5 Å². The van der Waals surface area contributed by atoms with Crippen LogP contribution in [0.5, 0.6) is 0 Å². The molecule has 0 aromatic carbocycles. The van der Waals surface area contributed by atoms with Gasteiger partial charge < -0.3 is 5.73 Å². The van der Waals surface area contributed by atoms with E-state index < -0.39 is 0 Å². The maximum absolute atomic E-state index is 8.84. The van der Waals surface area contributed by atoms with Crippen LogP contribution in [0.4, 0.5) is 0 Å². The molecule has 21 heavy (non-hydrogen) atoms. The van der Waals surface area contributed by atoms with E-state index in [4.69, 9.17) is 11.0 Å². The lowest BCUT2D eigenvalue weighted by Crippen LogP contribution is -2.39. The molecule has 1 fully saturated rings. The zero-order chi connectivity index (χ0) is 16.3. The Bertz CT molecular complexity index is 393. The molecule has 0 bridgehead atoms. The molecule has 1 saturated heterocycles. The molecular formula is C18H31N3. The second-order valence-corrected chi connectivity index (χ2v) is 5.71. The van der Waals surface area contributed by atoms with Crippen molar-refractivity contribution in [3.8, 4) is 6.07 Å². The molecule has 3 heteroatoms. The van der Waals surface area contributed by atoms with Crippen molar-refractivity contribution < 1.29 is 0 Å². The van der Waals surface area contributed by atoms with Crippen LogP contribution in [-0.4, -0.2) is 31.1 Å². The Morgan fingerprint density at radius 2 is 1.95 bits per heavy atom. The van der Waals surface area contributed by atoms with Gasteiger partial charge in [0.15, 0.2) is 0 Å². The van der Waals surface area contributed by atoms with Gasteiger partial charge in [0.05, 0.1) is 6.07 Å². The molecule has 0 unspecified atom stereocenters. The molecule has 1 heterocycles. The van der Waals surface area contributed by atoms with Crippen molar-refractivity contribution in [2.24, 2.45) is 11.1 Å². The van der Waals surface area contributed by atoms with Crippen LogP contribution in [0.15, 0.2) is 36.5 Å². The summed E-state index contributed by atoms with van der Waals surface area (Å²) in [6, 6.07) is 2.30. The number of nitrogens with zero attached hydrogens (tertiary/aromatic N) is 2. The van der Waals surface area contributed by atoms with Crippen molar-refractivity contribution in [1.82, 2.24) is 4.90 Å². The molecule has 0 atom stereocenters. The van der Waals surface area contributed by atoms with E-state index >= 15 is 0 Å². The van der Waals surface area contributed by atoms with Gasteiger partial charge in [-0.3, -0.25) is 4.90 Å². The molecule has 0 saturated carbocycles. The van der Waals surface area contributed by atoms with Gasteiger partial charge in [-0.1, -0.05) is 46.1 Å². The van der Waals surface area contributed by atoms with Crippen LogP contribution in [0.3, 0.4) is 0 Å². The largest absolute Gasteiger partial charge is 0.326 e. The average Bonchev–Trinajstić information content (AvgIpc) is 2.49. The summed E-state index contributed by atoms with van der Waals surface area (Å²) in [5.41, 5.74) is 7.91. The Morgan fingerprint density at radius 3 is 2.38 bits per heavy atom. The zero-order valence-electron chi connectivity index (χ0n) is 14.0. The minimum absolute atomic E-state index is 0.200. The van der Waals surface area contributed by atoms with Gasteiger partial charge in [0.2, 0.25) is 0 Å². The van der Waals surface area contributed by atoms with Crippen LogP contribution in [0.2, 0.25) is 0 Å². The molecule has 0 aliphatic carbocycles. The molecule has 0 amide bonds. The number of piperidine rings is 1. The third-order valence-electron chi connectivity index (χ3n) is 3.88. The summed E-state index contributed by atoms with van der Waals surface area (Å²) in [5.74, 6) is 0. The Balaban J connectivity index is 0.00000191. The molecule has 1 aliphatic heterocycles. The van der Waals surface area contributed by atoms with Gasteiger partial charge in [0.25, 0.3) is 0 Å². The second kappa shape index (κ2) is 10.4. The van der Waals surface area contributed by atoms with Crippen LogP contribution in [-0.2, 0) is 0 Å². The fraction of sp³-hybridized carbons (Fsp3) is 0.611. The topological polar surface area (TPSA) is 53.0 Å². The zero-order valence-corrected chi connectivity index (χ0v) is 14.0. The minimum Gasteiger partial charge on any atom is -0.326 e. The van der Waals surface area contributed by atoms with Gasteiger partial charge in [-0.2, -0.15) is 5.26 Å². The van der Waals surface area contributed by atoms with Gasteiger partial charge in [0, 0.05) is 19.5 Å². The van der Waals surface area contributed by atoms with Gasteiger partial charge in [-0.25, -0.2) is 0 Å².